The van der Waals surface area contributed by atoms with Crippen LogP contribution < -0.4 is 0 Å². The molecule has 166 valence electrons. The van der Waals surface area contributed by atoms with Crippen LogP contribution in [0.15, 0.2) is 54.6 Å². The lowest BCUT2D eigenvalue weighted by molar-refractivity contribution is -0.128. The van der Waals surface area contributed by atoms with Crippen molar-refractivity contribution in [1.29, 1.82) is 0 Å². The van der Waals surface area contributed by atoms with E-state index in [1.54, 1.807) is 6.07 Å². The van der Waals surface area contributed by atoms with E-state index in [4.69, 9.17) is 5.11 Å². The summed E-state index contributed by atoms with van der Waals surface area (Å²) in [6.07, 6.45) is 8.03. The molecule has 1 aliphatic heterocycles. The average Bonchev–Trinajstić information content (AvgIpc) is 3.38. The minimum absolute atomic E-state index is 0.0291. The van der Waals surface area contributed by atoms with E-state index in [1.165, 1.54) is 16.9 Å². The van der Waals surface area contributed by atoms with Gasteiger partial charge in [-0.05, 0) is 55.7 Å². The summed E-state index contributed by atoms with van der Waals surface area (Å²) in [5.41, 5.74) is 1.28. The molecule has 0 spiro atoms. The first-order valence-corrected chi connectivity index (χ1v) is 11.8. The van der Waals surface area contributed by atoms with Gasteiger partial charge in [0, 0.05) is 17.8 Å². The van der Waals surface area contributed by atoms with Gasteiger partial charge in [-0.2, -0.15) is 0 Å². The largest absolute Gasteiger partial charge is 0.477 e. The van der Waals surface area contributed by atoms with E-state index in [0.29, 0.717) is 17.8 Å². The van der Waals surface area contributed by atoms with Crippen LogP contribution in [0.25, 0.3) is 0 Å². The maximum absolute atomic E-state index is 12.3. The number of hydrogen-bond acceptors (Lipinski definition) is 4. The fourth-order valence-corrected chi connectivity index (χ4v) is 4.83. The van der Waals surface area contributed by atoms with Gasteiger partial charge < -0.3 is 15.1 Å². The van der Waals surface area contributed by atoms with Gasteiger partial charge in [-0.1, -0.05) is 49.4 Å². The SMILES string of the molecule is C[C@H](CCc1ccccc1)[C@H](O)/C=C/[C@H]1CCC(=O)N1CCCc1ccc(C(=O)O)s1. The summed E-state index contributed by atoms with van der Waals surface area (Å²) in [5.74, 6) is -0.601. The van der Waals surface area contributed by atoms with Crippen molar-refractivity contribution in [3.05, 3.63) is 69.9 Å². The lowest BCUT2D eigenvalue weighted by Crippen LogP contribution is -2.33. The van der Waals surface area contributed by atoms with Gasteiger partial charge in [0.25, 0.3) is 0 Å². The van der Waals surface area contributed by atoms with Crippen LogP contribution >= 0.6 is 11.3 Å². The molecule has 3 rings (SSSR count). The molecule has 2 heterocycles. The van der Waals surface area contributed by atoms with Gasteiger partial charge in [0.05, 0.1) is 12.1 Å². The van der Waals surface area contributed by atoms with Crippen molar-refractivity contribution in [3.8, 4) is 0 Å². The predicted molar refractivity (Wildman–Crippen MR) is 123 cm³/mol. The molecule has 1 aromatic carbocycles. The molecule has 2 aromatic rings. The maximum Gasteiger partial charge on any atom is 0.345 e. The monoisotopic (exact) mass is 441 g/mol. The Bertz CT molecular complexity index is 892. The number of aryl methyl sites for hydroxylation is 2. The third kappa shape index (κ3) is 6.77. The normalized spacial score (nSPS) is 18.6. The lowest BCUT2D eigenvalue weighted by atomic mass is 9.95. The molecule has 1 aliphatic rings. The number of likely N-dealkylation sites (tertiary alicyclic amines) is 1. The van der Waals surface area contributed by atoms with Gasteiger partial charge >= 0.3 is 5.97 Å². The van der Waals surface area contributed by atoms with E-state index in [9.17, 15) is 14.7 Å². The molecule has 31 heavy (non-hydrogen) atoms. The Balaban J connectivity index is 1.46. The minimum Gasteiger partial charge on any atom is -0.477 e. The molecule has 1 fully saturated rings. The van der Waals surface area contributed by atoms with Gasteiger partial charge in [-0.15, -0.1) is 11.3 Å². The van der Waals surface area contributed by atoms with Crippen LogP contribution in [0.1, 0.15) is 52.7 Å². The number of benzene rings is 1. The molecule has 0 aliphatic carbocycles. The second-order valence-corrected chi connectivity index (χ2v) is 9.41. The van der Waals surface area contributed by atoms with Crippen LogP contribution in [0, 0.1) is 5.92 Å². The van der Waals surface area contributed by atoms with Crippen molar-refractivity contribution in [2.75, 3.05) is 6.54 Å². The highest BCUT2D eigenvalue weighted by Gasteiger charge is 2.28. The number of aromatic carboxylic acids is 1. The first-order valence-electron chi connectivity index (χ1n) is 11.0. The van der Waals surface area contributed by atoms with Crippen LogP contribution in [0.2, 0.25) is 0 Å². The van der Waals surface area contributed by atoms with E-state index >= 15 is 0 Å². The smallest absolute Gasteiger partial charge is 0.345 e. The van der Waals surface area contributed by atoms with Crippen LogP contribution in [0.4, 0.5) is 0 Å². The Morgan fingerprint density at radius 1 is 1.23 bits per heavy atom. The molecule has 1 saturated heterocycles. The Morgan fingerprint density at radius 2 is 2.00 bits per heavy atom. The summed E-state index contributed by atoms with van der Waals surface area (Å²) < 4.78 is 0. The molecule has 5 nitrogen and oxygen atoms in total. The second kappa shape index (κ2) is 11.3. The number of aliphatic hydroxyl groups is 1. The van der Waals surface area contributed by atoms with Gasteiger partial charge in [0.2, 0.25) is 5.91 Å². The fourth-order valence-electron chi connectivity index (χ4n) is 3.94. The number of carbonyl (C=O) groups is 2. The number of carboxylic acid groups (broad SMARTS) is 1. The summed E-state index contributed by atoms with van der Waals surface area (Å²) in [5, 5.41) is 19.6. The van der Waals surface area contributed by atoms with Crippen molar-refractivity contribution >= 4 is 23.2 Å². The number of nitrogens with zero attached hydrogens (tertiary/aromatic N) is 1. The number of aliphatic hydroxyl groups excluding tert-OH is 1. The van der Waals surface area contributed by atoms with E-state index in [2.05, 4.69) is 19.1 Å². The standard InChI is InChI=1S/C25H31NO4S/c1-18(9-10-19-6-3-2-4-7-19)22(27)14-11-20-12-16-24(28)26(20)17-5-8-21-13-15-23(31-21)25(29)30/h2-4,6-7,11,13-15,18,20,22,27H,5,8-10,12,16-17H2,1H3,(H,29,30)/b14-11+/t18-,20+,22-/m1/s1. The quantitative estimate of drug-likeness (QED) is 0.501. The van der Waals surface area contributed by atoms with Crippen molar-refractivity contribution in [1.82, 2.24) is 4.90 Å². The molecule has 0 radical (unpaired) electrons. The van der Waals surface area contributed by atoms with E-state index in [0.717, 1.165) is 37.0 Å². The molecular weight excluding hydrogens is 410 g/mol. The van der Waals surface area contributed by atoms with Gasteiger partial charge in [-0.25, -0.2) is 4.79 Å². The summed E-state index contributed by atoms with van der Waals surface area (Å²) in [6, 6.07) is 13.8. The topological polar surface area (TPSA) is 77.8 Å². The van der Waals surface area contributed by atoms with Crippen molar-refractivity contribution < 1.29 is 19.8 Å². The molecule has 0 saturated carbocycles. The Kier molecular flexibility index (Phi) is 8.43. The van der Waals surface area contributed by atoms with Crippen molar-refractivity contribution in [2.45, 2.75) is 57.6 Å². The minimum atomic E-state index is -0.896. The summed E-state index contributed by atoms with van der Waals surface area (Å²) in [4.78, 5) is 26.6. The van der Waals surface area contributed by atoms with Gasteiger partial charge in [0.15, 0.2) is 0 Å². The third-order valence-electron chi connectivity index (χ3n) is 5.91. The lowest BCUT2D eigenvalue weighted by Gasteiger charge is -2.23. The number of rotatable bonds is 11. The number of amides is 1. The maximum atomic E-state index is 12.3. The van der Waals surface area contributed by atoms with Crippen molar-refractivity contribution in [3.63, 3.8) is 0 Å². The van der Waals surface area contributed by atoms with E-state index < -0.39 is 12.1 Å². The van der Waals surface area contributed by atoms with Crippen LogP contribution in [-0.2, 0) is 17.6 Å². The van der Waals surface area contributed by atoms with Crippen molar-refractivity contribution in [2.24, 2.45) is 5.92 Å². The number of carbonyl (C=O) groups excluding carboxylic acids is 1. The Morgan fingerprint density at radius 3 is 2.71 bits per heavy atom. The third-order valence-corrected chi connectivity index (χ3v) is 7.05. The Hall–Kier alpha value is -2.44. The van der Waals surface area contributed by atoms with Gasteiger partial charge in [-0.3, -0.25) is 4.79 Å². The number of carboxylic acids is 1. The highest BCUT2D eigenvalue weighted by Crippen LogP contribution is 2.23. The molecule has 0 bridgehead atoms. The molecule has 6 heteroatoms. The van der Waals surface area contributed by atoms with E-state index in [1.807, 2.05) is 41.3 Å². The Labute approximate surface area is 188 Å². The van der Waals surface area contributed by atoms with Crippen LogP contribution in [0.5, 0.6) is 0 Å². The highest BCUT2D eigenvalue weighted by molar-refractivity contribution is 7.13. The zero-order valence-electron chi connectivity index (χ0n) is 17.9. The molecule has 3 atom stereocenters. The molecule has 1 aromatic heterocycles. The number of thiophene rings is 1. The predicted octanol–water partition coefficient (Wildman–Crippen LogP) is 4.56. The van der Waals surface area contributed by atoms with Crippen LogP contribution in [-0.4, -0.2) is 45.7 Å². The average molecular weight is 442 g/mol. The number of hydrogen-bond donors (Lipinski definition) is 2. The first kappa shape index (κ1) is 23.2. The zero-order chi connectivity index (χ0) is 22.2. The molecule has 0 unspecified atom stereocenters. The summed E-state index contributed by atoms with van der Waals surface area (Å²) in [6.45, 7) is 2.70. The molecular formula is C25H31NO4S. The fraction of sp³-hybridized carbons (Fsp3) is 0.440. The highest BCUT2D eigenvalue weighted by atomic mass is 32.1. The second-order valence-electron chi connectivity index (χ2n) is 8.24. The zero-order valence-corrected chi connectivity index (χ0v) is 18.8. The molecule has 1 amide bonds. The van der Waals surface area contributed by atoms with E-state index in [-0.39, 0.29) is 17.9 Å². The molecule has 2 N–H and O–H groups in total. The first-order chi connectivity index (χ1) is 14.9. The van der Waals surface area contributed by atoms with Crippen LogP contribution in [0.3, 0.4) is 0 Å². The summed E-state index contributed by atoms with van der Waals surface area (Å²) in [7, 11) is 0. The van der Waals surface area contributed by atoms with Gasteiger partial charge in [0.1, 0.15) is 4.88 Å². The summed E-state index contributed by atoms with van der Waals surface area (Å²) >= 11 is 1.30.